The maximum atomic E-state index is 13.1. The molecule has 1 aromatic carbocycles. The second-order valence-electron chi connectivity index (χ2n) is 10.5. The van der Waals surface area contributed by atoms with Crippen molar-refractivity contribution in [3.8, 4) is 0 Å². The van der Waals surface area contributed by atoms with Gasteiger partial charge in [-0.3, -0.25) is 4.79 Å². The molecule has 0 atom stereocenters. The van der Waals surface area contributed by atoms with E-state index in [9.17, 15) is 9.59 Å². The number of halogens is 1. The van der Waals surface area contributed by atoms with Crippen molar-refractivity contribution in [2.24, 2.45) is 0 Å². The average Bonchev–Trinajstić information content (AvgIpc) is 2.87. The Hall–Kier alpha value is -1.77. The maximum absolute atomic E-state index is 13.1. The molecule has 2 aliphatic rings. The van der Waals surface area contributed by atoms with Gasteiger partial charge < -0.3 is 24.3 Å². The van der Waals surface area contributed by atoms with E-state index < -0.39 is 30.0 Å². The van der Waals surface area contributed by atoms with Gasteiger partial charge in [-0.05, 0) is 79.5 Å². The van der Waals surface area contributed by atoms with Crippen LogP contribution in [0.4, 0.5) is 4.79 Å². The summed E-state index contributed by atoms with van der Waals surface area (Å²) in [6, 6.07) is 5.19. The molecule has 2 aliphatic heterocycles. The number of likely N-dealkylation sites (tertiary alicyclic amines) is 1. The highest BCUT2D eigenvalue weighted by Crippen LogP contribution is 2.37. The van der Waals surface area contributed by atoms with Crippen molar-refractivity contribution in [1.29, 1.82) is 0 Å². The van der Waals surface area contributed by atoms with E-state index in [1.54, 1.807) is 23.1 Å². The van der Waals surface area contributed by atoms with Crippen molar-refractivity contribution < 1.29 is 23.6 Å². The van der Waals surface area contributed by atoms with Crippen LogP contribution in [0.1, 0.15) is 71.7 Å². The Balaban J connectivity index is 1.63. The fourth-order valence-corrected chi connectivity index (χ4v) is 3.92. The molecule has 1 aromatic rings. The van der Waals surface area contributed by atoms with E-state index in [0.29, 0.717) is 42.0 Å². The molecule has 176 valence electrons. The summed E-state index contributed by atoms with van der Waals surface area (Å²) in [6.45, 7) is 14.5. The van der Waals surface area contributed by atoms with Crippen LogP contribution in [0.5, 0.6) is 0 Å². The van der Waals surface area contributed by atoms with E-state index in [0.717, 1.165) is 0 Å². The Kier molecular flexibility index (Phi) is 6.90. The number of carbonyl (C=O) groups is 2. The lowest BCUT2D eigenvalue weighted by Gasteiger charge is -2.33. The molecule has 7 nitrogen and oxygen atoms in total. The molecule has 3 rings (SSSR count). The summed E-state index contributed by atoms with van der Waals surface area (Å²) in [6.07, 6.45) is 0.915. The van der Waals surface area contributed by atoms with E-state index in [2.05, 4.69) is 5.32 Å². The highest BCUT2D eigenvalue weighted by atomic mass is 35.5. The lowest BCUT2D eigenvalue weighted by molar-refractivity contribution is 0.00578. The number of ether oxygens (including phenoxy) is 1. The van der Waals surface area contributed by atoms with Crippen molar-refractivity contribution in [3.05, 3.63) is 28.8 Å². The smallest absolute Gasteiger partial charge is 0.444 e. The SMILES string of the molecule is CC(C)(C)OC(=O)NC1CCN(C(=O)c2ccc(Cl)c(B3OC(C)(C)C(C)(C)O3)c2)CC1. The summed E-state index contributed by atoms with van der Waals surface area (Å²) in [5, 5.41) is 3.39. The summed E-state index contributed by atoms with van der Waals surface area (Å²) in [4.78, 5) is 26.9. The predicted octanol–water partition coefficient (Wildman–Crippen LogP) is 3.77. The van der Waals surface area contributed by atoms with Crippen LogP contribution in [-0.4, -0.2) is 60.0 Å². The number of carbonyl (C=O) groups excluding carboxylic acids is 2. The van der Waals surface area contributed by atoms with Crippen LogP contribution >= 0.6 is 11.6 Å². The highest BCUT2D eigenvalue weighted by molar-refractivity contribution is 6.65. The van der Waals surface area contributed by atoms with Gasteiger partial charge in [-0.1, -0.05) is 11.6 Å². The maximum Gasteiger partial charge on any atom is 0.496 e. The average molecular weight is 465 g/mol. The van der Waals surface area contributed by atoms with Gasteiger partial charge in [-0.25, -0.2) is 4.79 Å². The van der Waals surface area contributed by atoms with Crippen LogP contribution in [-0.2, 0) is 14.0 Å². The zero-order chi connectivity index (χ0) is 23.9. The van der Waals surface area contributed by atoms with Gasteiger partial charge in [-0.15, -0.1) is 0 Å². The second-order valence-corrected chi connectivity index (χ2v) is 10.9. The van der Waals surface area contributed by atoms with Crippen LogP contribution in [0.2, 0.25) is 5.02 Å². The molecule has 9 heteroatoms. The standard InChI is InChI=1S/C23H34BClN2O5/c1-21(2,3)30-20(29)26-16-10-12-27(13-11-16)19(28)15-8-9-18(25)17(14-15)24-31-22(4,5)23(6,7)32-24/h8-9,14,16H,10-13H2,1-7H3,(H,26,29). The van der Waals surface area contributed by atoms with Crippen LogP contribution in [0, 0.1) is 0 Å². The second kappa shape index (κ2) is 8.88. The molecule has 0 spiro atoms. The zero-order valence-corrected chi connectivity index (χ0v) is 20.8. The Morgan fingerprint density at radius 2 is 1.69 bits per heavy atom. The van der Waals surface area contributed by atoms with Gasteiger partial charge in [0.2, 0.25) is 0 Å². The van der Waals surface area contributed by atoms with Crippen molar-refractivity contribution in [1.82, 2.24) is 10.2 Å². The lowest BCUT2D eigenvalue weighted by Crippen LogP contribution is -2.47. The molecule has 0 saturated carbocycles. The molecule has 0 bridgehead atoms. The number of hydrogen-bond acceptors (Lipinski definition) is 5. The van der Waals surface area contributed by atoms with Crippen molar-refractivity contribution >= 4 is 36.2 Å². The van der Waals surface area contributed by atoms with Gasteiger partial charge in [0.15, 0.2) is 0 Å². The normalized spacial score (nSPS) is 20.9. The number of amides is 2. The van der Waals surface area contributed by atoms with Gasteiger partial charge in [-0.2, -0.15) is 0 Å². The predicted molar refractivity (Wildman–Crippen MR) is 125 cm³/mol. The number of hydrogen-bond donors (Lipinski definition) is 1. The number of alkyl carbamates (subject to hydrolysis) is 1. The van der Waals surface area contributed by atoms with Crippen LogP contribution in [0.3, 0.4) is 0 Å². The first-order chi connectivity index (χ1) is 14.7. The molecule has 0 unspecified atom stereocenters. The molecule has 2 amide bonds. The number of piperidine rings is 1. The third-order valence-electron chi connectivity index (χ3n) is 6.25. The molecular formula is C23H34BClN2O5. The van der Waals surface area contributed by atoms with Crippen molar-refractivity contribution in [3.63, 3.8) is 0 Å². The van der Waals surface area contributed by atoms with E-state index >= 15 is 0 Å². The molecular weight excluding hydrogens is 431 g/mol. The number of benzene rings is 1. The summed E-state index contributed by atoms with van der Waals surface area (Å²) in [7, 11) is -0.635. The number of nitrogens with one attached hydrogen (secondary N) is 1. The van der Waals surface area contributed by atoms with E-state index in [1.807, 2.05) is 48.5 Å². The zero-order valence-electron chi connectivity index (χ0n) is 20.1. The monoisotopic (exact) mass is 464 g/mol. The Bertz CT molecular complexity index is 860. The molecule has 2 saturated heterocycles. The summed E-state index contributed by atoms with van der Waals surface area (Å²) < 4.78 is 17.5. The first-order valence-corrected chi connectivity index (χ1v) is 11.5. The van der Waals surface area contributed by atoms with Crippen molar-refractivity contribution in [2.75, 3.05) is 13.1 Å². The summed E-state index contributed by atoms with van der Waals surface area (Å²) >= 11 is 6.43. The Morgan fingerprint density at radius 3 is 2.22 bits per heavy atom. The summed E-state index contributed by atoms with van der Waals surface area (Å²) in [5.74, 6) is -0.0739. The molecule has 32 heavy (non-hydrogen) atoms. The van der Waals surface area contributed by atoms with Gasteiger partial charge >= 0.3 is 13.2 Å². The minimum Gasteiger partial charge on any atom is -0.444 e. The number of nitrogens with zero attached hydrogens (tertiary/aromatic N) is 1. The van der Waals surface area contributed by atoms with E-state index in [-0.39, 0.29) is 11.9 Å². The van der Waals surface area contributed by atoms with Crippen LogP contribution in [0.15, 0.2) is 18.2 Å². The third-order valence-corrected chi connectivity index (χ3v) is 6.60. The molecule has 2 heterocycles. The van der Waals surface area contributed by atoms with Gasteiger partial charge in [0, 0.05) is 35.2 Å². The quantitative estimate of drug-likeness (QED) is 0.689. The first-order valence-electron chi connectivity index (χ1n) is 11.1. The lowest BCUT2D eigenvalue weighted by atomic mass is 9.78. The van der Waals surface area contributed by atoms with Crippen molar-refractivity contribution in [2.45, 2.75) is 84.2 Å². The minimum absolute atomic E-state index is 0.0144. The molecule has 2 fully saturated rings. The molecule has 0 aliphatic carbocycles. The van der Waals surface area contributed by atoms with Gasteiger partial charge in [0.25, 0.3) is 5.91 Å². The molecule has 0 aromatic heterocycles. The third kappa shape index (κ3) is 5.59. The van der Waals surface area contributed by atoms with Gasteiger partial charge in [0.1, 0.15) is 5.60 Å². The summed E-state index contributed by atoms with van der Waals surface area (Å²) in [5.41, 5.74) is -0.339. The Labute approximate surface area is 196 Å². The van der Waals surface area contributed by atoms with E-state index in [1.165, 1.54) is 0 Å². The van der Waals surface area contributed by atoms with Crippen LogP contribution < -0.4 is 10.8 Å². The largest absolute Gasteiger partial charge is 0.496 e. The molecule has 0 radical (unpaired) electrons. The fourth-order valence-electron chi connectivity index (χ4n) is 3.71. The number of rotatable bonds is 3. The minimum atomic E-state index is -0.635. The topological polar surface area (TPSA) is 77.1 Å². The Morgan fingerprint density at radius 1 is 1.12 bits per heavy atom. The van der Waals surface area contributed by atoms with Gasteiger partial charge in [0.05, 0.1) is 11.2 Å². The van der Waals surface area contributed by atoms with E-state index in [4.69, 9.17) is 25.6 Å². The molecule has 1 N–H and O–H groups in total. The van der Waals surface area contributed by atoms with Crippen LogP contribution in [0.25, 0.3) is 0 Å². The first kappa shape index (κ1) is 24.9. The highest BCUT2D eigenvalue weighted by Gasteiger charge is 2.52. The fraction of sp³-hybridized carbons (Fsp3) is 0.652.